The third-order valence-corrected chi connectivity index (χ3v) is 6.05. The lowest BCUT2D eigenvalue weighted by Gasteiger charge is -2.09. The molecule has 1 aromatic carbocycles. The first-order valence-corrected chi connectivity index (χ1v) is 11.2. The number of thioether (sulfide) groups is 1. The van der Waals surface area contributed by atoms with Gasteiger partial charge in [0.1, 0.15) is 0 Å². The number of primary sulfonamides is 1. The van der Waals surface area contributed by atoms with Crippen LogP contribution in [0.3, 0.4) is 0 Å². The van der Waals surface area contributed by atoms with Crippen molar-refractivity contribution < 1.29 is 12.9 Å². The number of rotatable bonds is 7. The van der Waals surface area contributed by atoms with Gasteiger partial charge in [0, 0.05) is 12.5 Å². The van der Waals surface area contributed by atoms with Gasteiger partial charge in [0.05, 0.1) is 21.2 Å². The maximum atomic E-state index is 11.6. The van der Waals surface area contributed by atoms with Gasteiger partial charge in [-0.2, -0.15) is 4.98 Å². The van der Waals surface area contributed by atoms with Gasteiger partial charge >= 0.3 is 0 Å². The largest absolute Gasteiger partial charge is 0.338 e. The second kappa shape index (κ2) is 7.61. The van der Waals surface area contributed by atoms with Crippen molar-refractivity contribution in [3.05, 3.63) is 29.9 Å². The molecule has 0 aliphatic rings. The number of fused-ring (bicyclic) bond motifs is 1. The summed E-state index contributed by atoms with van der Waals surface area (Å²) in [4.78, 5) is 9.13. The number of aryl methyl sites for hydroxylation is 1. The maximum absolute atomic E-state index is 11.6. The lowest BCUT2D eigenvalue weighted by Crippen LogP contribution is -2.11. The van der Waals surface area contributed by atoms with Crippen LogP contribution in [0.1, 0.15) is 57.0 Å². The number of nitrogens with two attached hydrogens (primary N) is 1. The van der Waals surface area contributed by atoms with Crippen LogP contribution in [0.15, 0.2) is 32.8 Å². The predicted octanol–water partition coefficient (Wildman–Crippen LogP) is 3.45. The van der Waals surface area contributed by atoms with Gasteiger partial charge in [0.15, 0.2) is 11.0 Å². The molecule has 0 aliphatic heterocycles. The fourth-order valence-electron chi connectivity index (χ4n) is 2.65. The monoisotopic (exact) mass is 409 g/mol. The van der Waals surface area contributed by atoms with Gasteiger partial charge in [-0.05, 0) is 31.5 Å². The Hall–Kier alpha value is -1.91. The van der Waals surface area contributed by atoms with Crippen LogP contribution in [-0.2, 0) is 16.6 Å². The molecule has 10 heteroatoms. The Morgan fingerprint density at radius 1 is 1.26 bits per heavy atom. The number of aromatic nitrogens is 4. The zero-order valence-corrected chi connectivity index (χ0v) is 17.3. The van der Waals surface area contributed by atoms with E-state index in [1.807, 2.05) is 20.8 Å². The first-order valence-electron chi connectivity index (χ1n) is 8.74. The molecule has 3 aromatic rings. The first kappa shape index (κ1) is 19.8. The van der Waals surface area contributed by atoms with Crippen LogP contribution in [0.2, 0.25) is 0 Å². The lowest BCUT2D eigenvalue weighted by atomic mass is 10.2. The normalized spacial score (nSPS) is 13.6. The van der Waals surface area contributed by atoms with Crippen molar-refractivity contribution in [2.45, 2.75) is 61.9 Å². The summed E-state index contributed by atoms with van der Waals surface area (Å²) < 4.78 is 30.7. The van der Waals surface area contributed by atoms with Crippen molar-refractivity contribution in [1.82, 2.24) is 19.7 Å². The highest BCUT2D eigenvalue weighted by Crippen LogP contribution is 2.36. The highest BCUT2D eigenvalue weighted by molar-refractivity contribution is 7.99. The quantitative estimate of drug-likeness (QED) is 0.594. The van der Waals surface area contributed by atoms with Crippen LogP contribution < -0.4 is 5.14 Å². The summed E-state index contributed by atoms with van der Waals surface area (Å²) in [6.45, 7) is 8.84. The molecular formula is C17H23N5O3S2. The summed E-state index contributed by atoms with van der Waals surface area (Å²) >= 11 is 1.50. The van der Waals surface area contributed by atoms with E-state index in [1.165, 1.54) is 23.9 Å². The molecule has 0 unspecified atom stereocenters. The number of hydrogen-bond acceptors (Lipinski definition) is 7. The molecule has 0 spiro atoms. The van der Waals surface area contributed by atoms with Crippen LogP contribution in [0.4, 0.5) is 0 Å². The van der Waals surface area contributed by atoms with Gasteiger partial charge in [-0.1, -0.05) is 37.7 Å². The summed E-state index contributed by atoms with van der Waals surface area (Å²) in [5.74, 6) is 1.42. The summed E-state index contributed by atoms with van der Waals surface area (Å²) in [6.07, 6.45) is 0.919. The van der Waals surface area contributed by atoms with E-state index in [2.05, 4.69) is 26.6 Å². The summed E-state index contributed by atoms with van der Waals surface area (Å²) in [5, 5.41) is 9.94. The number of hydrogen-bond donors (Lipinski definition) is 1. The van der Waals surface area contributed by atoms with E-state index < -0.39 is 10.0 Å². The average molecular weight is 410 g/mol. The molecule has 2 N–H and O–H groups in total. The van der Waals surface area contributed by atoms with Gasteiger partial charge in [0.25, 0.3) is 0 Å². The topological polar surface area (TPSA) is 117 Å². The van der Waals surface area contributed by atoms with Gasteiger partial charge in [-0.15, -0.1) is 0 Å². The highest BCUT2D eigenvalue weighted by atomic mass is 32.2. The van der Waals surface area contributed by atoms with Crippen LogP contribution in [0.25, 0.3) is 11.0 Å². The van der Waals surface area contributed by atoms with Crippen molar-refractivity contribution in [3.63, 3.8) is 0 Å². The Labute approximate surface area is 162 Å². The molecule has 0 saturated heterocycles. The van der Waals surface area contributed by atoms with Crippen molar-refractivity contribution in [2.75, 3.05) is 0 Å². The molecule has 3 rings (SSSR count). The molecule has 0 bridgehead atoms. The molecule has 2 aromatic heterocycles. The Morgan fingerprint density at radius 3 is 2.59 bits per heavy atom. The van der Waals surface area contributed by atoms with E-state index in [1.54, 1.807) is 6.07 Å². The van der Waals surface area contributed by atoms with Crippen molar-refractivity contribution in [1.29, 1.82) is 0 Å². The first-order chi connectivity index (χ1) is 12.7. The SMILES string of the molecule is CCCn1c(S[C@H](C)c2nc(C(C)C)no2)nc2cc(S(N)(=O)=O)ccc21. The minimum Gasteiger partial charge on any atom is -0.338 e. The van der Waals surface area contributed by atoms with E-state index in [9.17, 15) is 8.42 Å². The van der Waals surface area contributed by atoms with Crippen molar-refractivity contribution >= 4 is 32.8 Å². The maximum Gasteiger partial charge on any atom is 0.239 e. The van der Waals surface area contributed by atoms with E-state index in [4.69, 9.17) is 9.66 Å². The number of benzene rings is 1. The zero-order chi connectivity index (χ0) is 19.8. The molecule has 0 fully saturated rings. The molecule has 27 heavy (non-hydrogen) atoms. The Bertz CT molecular complexity index is 1060. The number of nitrogens with zero attached hydrogens (tertiary/aromatic N) is 4. The van der Waals surface area contributed by atoms with Crippen LogP contribution in [0.5, 0.6) is 0 Å². The lowest BCUT2D eigenvalue weighted by molar-refractivity contribution is 0.373. The van der Waals surface area contributed by atoms with Crippen LogP contribution in [-0.4, -0.2) is 28.1 Å². The number of imidazole rings is 1. The van der Waals surface area contributed by atoms with Crippen molar-refractivity contribution in [2.24, 2.45) is 5.14 Å². The molecule has 0 radical (unpaired) electrons. The third kappa shape index (κ3) is 4.17. The van der Waals surface area contributed by atoms with E-state index in [0.29, 0.717) is 17.2 Å². The molecule has 146 valence electrons. The summed E-state index contributed by atoms with van der Waals surface area (Å²) in [6, 6.07) is 4.77. The van der Waals surface area contributed by atoms with Gasteiger partial charge in [0.2, 0.25) is 15.9 Å². The second-order valence-electron chi connectivity index (χ2n) is 6.65. The van der Waals surface area contributed by atoms with Crippen LogP contribution >= 0.6 is 11.8 Å². The molecule has 0 saturated carbocycles. The van der Waals surface area contributed by atoms with Gasteiger partial charge < -0.3 is 9.09 Å². The Kier molecular flexibility index (Phi) is 5.59. The molecule has 0 aliphatic carbocycles. The van der Waals surface area contributed by atoms with Gasteiger partial charge in [-0.3, -0.25) is 0 Å². The standard InChI is InChI=1S/C17H23N5O3S2/c1-5-8-22-14-7-6-12(27(18,23)24)9-13(14)19-17(22)26-11(4)16-20-15(10(2)3)21-25-16/h6-7,9-11H,5,8H2,1-4H3,(H2,18,23,24)/t11-/m1/s1. The fourth-order valence-corrected chi connectivity index (χ4v) is 4.16. The molecule has 2 heterocycles. The molecular weight excluding hydrogens is 386 g/mol. The Balaban J connectivity index is 1.97. The van der Waals surface area contributed by atoms with Gasteiger partial charge in [-0.25, -0.2) is 18.5 Å². The summed E-state index contributed by atoms with van der Waals surface area (Å²) in [5.41, 5.74) is 1.46. The zero-order valence-electron chi connectivity index (χ0n) is 15.7. The van der Waals surface area contributed by atoms with Crippen molar-refractivity contribution in [3.8, 4) is 0 Å². The average Bonchev–Trinajstić information content (AvgIpc) is 3.20. The Morgan fingerprint density at radius 2 is 2.00 bits per heavy atom. The van der Waals surface area contributed by atoms with E-state index in [-0.39, 0.29) is 16.1 Å². The third-order valence-electron chi connectivity index (χ3n) is 4.06. The molecule has 8 nitrogen and oxygen atoms in total. The predicted molar refractivity (Wildman–Crippen MR) is 104 cm³/mol. The van der Waals surface area contributed by atoms with E-state index >= 15 is 0 Å². The minimum atomic E-state index is -3.77. The molecule has 1 atom stereocenters. The van der Waals surface area contributed by atoms with Crippen LogP contribution in [0, 0.1) is 0 Å². The van der Waals surface area contributed by atoms with E-state index in [0.717, 1.165) is 23.6 Å². The smallest absolute Gasteiger partial charge is 0.239 e. The molecule has 0 amide bonds. The highest BCUT2D eigenvalue weighted by Gasteiger charge is 2.21. The minimum absolute atomic E-state index is 0.0548. The fraction of sp³-hybridized carbons (Fsp3) is 0.471. The summed E-state index contributed by atoms with van der Waals surface area (Å²) in [7, 11) is -3.77. The second-order valence-corrected chi connectivity index (χ2v) is 9.52. The number of sulfonamides is 1.